The van der Waals surface area contributed by atoms with Gasteiger partial charge in [-0.25, -0.2) is 23.5 Å². The molecule has 0 saturated heterocycles. The molecule has 0 fully saturated rings. The Hall–Kier alpha value is -5.63. The standard InChI is InChI=1S/C35H35F2N8O5S/c1-22(33-42-30(18-51-33)25-9-7-24(15-38)8-10-25)35(48,28-14-27(36)11-12-29(28)37)19-45-21-44(20-41-45)23(2)50-34(47)43(4)32-26(6-5-13-40-32)17-49-31(46)16-39-3/h5-14,18,20-23,39,48H,16-17,19H2,1-4H3/q+1/t22-,23?,35?/m1/s1. The van der Waals surface area contributed by atoms with Crippen LogP contribution in [0.3, 0.4) is 0 Å². The summed E-state index contributed by atoms with van der Waals surface area (Å²) in [5, 5.41) is 30.6. The van der Waals surface area contributed by atoms with E-state index in [0.29, 0.717) is 21.8 Å². The first-order chi connectivity index (χ1) is 24.4. The number of likely N-dealkylation sites (N-methyl/N-ethyl adjacent to an activating group) is 1. The Morgan fingerprint density at radius 2 is 1.96 bits per heavy atom. The number of esters is 1. The summed E-state index contributed by atoms with van der Waals surface area (Å²) >= 11 is 1.25. The Morgan fingerprint density at radius 1 is 1.20 bits per heavy atom. The van der Waals surface area contributed by atoms with Crippen LogP contribution in [0.1, 0.15) is 47.7 Å². The van der Waals surface area contributed by atoms with Crippen LogP contribution in [0.25, 0.3) is 11.3 Å². The average molecular weight is 718 g/mol. The number of carbonyl (C=O) groups is 2. The van der Waals surface area contributed by atoms with E-state index in [2.05, 4.69) is 21.5 Å². The van der Waals surface area contributed by atoms with Gasteiger partial charge in [-0.05, 0) is 43.4 Å². The molecule has 2 unspecified atom stereocenters. The molecule has 0 aliphatic carbocycles. The quantitative estimate of drug-likeness (QED) is 0.130. The molecule has 51 heavy (non-hydrogen) atoms. The van der Waals surface area contributed by atoms with E-state index >= 15 is 4.39 Å². The Bertz CT molecular complexity index is 2050. The fourth-order valence-corrected chi connectivity index (χ4v) is 6.22. The molecule has 0 bridgehead atoms. The van der Waals surface area contributed by atoms with E-state index in [9.17, 15) is 19.1 Å². The number of anilines is 1. The molecule has 2 N–H and O–H groups in total. The number of nitriles is 1. The zero-order chi connectivity index (χ0) is 36.7. The molecule has 13 nitrogen and oxygen atoms in total. The first-order valence-electron chi connectivity index (χ1n) is 15.7. The normalized spacial score (nSPS) is 13.5. The number of hydrogen-bond donors (Lipinski definition) is 2. The molecule has 3 aromatic heterocycles. The second-order valence-electron chi connectivity index (χ2n) is 11.6. The predicted molar refractivity (Wildman–Crippen MR) is 181 cm³/mol. The number of pyridine rings is 1. The van der Waals surface area contributed by atoms with Crippen LogP contribution in [0.4, 0.5) is 19.4 Å². The summed E-state index contributed by atoms with van der Waals surface area (Å²) in [4.78, 5) is 35.1. The number of amides is 1. The van der Waals surface area contributed by atoms with Crippen molar-refractivity contribution in [3.63, 3.8) is 0 Å². The van der Waals surface area contributed by atoms with Crippen molar-refractivity contribution in [3.8, 4) is 17.3 Å². The number of nitrogens with one attached hydrogen (secondary N) is 1. The van der Waals surface area contributed by atoms with Gasteiger partial charge in [0.2, 0.25) is 12.6 Å². The SMILES string of the molecule is CNCC(=O)OCc1cccnc1N(C)C(=O)OC(C)[n+]1cnn(CC(O)(c2cc(F)ccc2F)[C@H](C)c2nc(-c3ccc(C#N)cc3)cs2)c1. The highest BCUT2D eigenvalue weighted by molar-refractivity contribution is 7.10. The van der Waals surface area contributed by atoms with E-state index in [-0.39, 0.29) is 31.1 Å². The summed E-state index contributed by atoms with van der Waals surface area (Å²) < 4.78 is 43.5. The third-order valence-corrected chi connectivity index (χ3v) is 9.20. The topological polar surface area (TPSA) is 159 Å². The lowest BCUT2D eigenvalue weighted by molar-refractivity contribution is -0.753. The summed E-state index contributed by atoms with van der Waals surface area (Å²) in [5.74, 6) is -2.64. The largest absolute Gasteiger partial charge is 0.460 e. The van der Waals surface area contributed by atoms with Gasteiger partial charge in [-0.3, -0.25) is 9.69 Å². The highest BCUT2D eigenvalue weighted by Gasteiger charge is 2.43. The molecule has 0 radical (unpaired) electrons. The number of thiazole rings is 1. The maximum absolute atomic E-state index is 15.3. The number of carbonyl (C=O) groups excluding carboxylic acids is 2. The van der Waals surface area contributed by atoms with Gasteiger partial charge in [0.15, 0.2) is 0 Å². The fraction of sp³-hybridized carbons (Fsp3) is 0.286. The fourth-order valence-electron chi connectivity index (χ4n) is 5.25. The lowest BCUT2D eigenvalue weighted by atomic mass is 9.82. The molecule has 1 amide bonds. The Labute approximate surface area is 296 Å². The molecule has 2 aromatic carbocycles. The lowest BCUT2D eigenvalue weighted by Crippen LogP contribution is -2.42. The Morgan fingerprint density at radius 3 is 2.69 bits per heavy atom. The van der Waals surface area contributed by atoms with Crippen molar-refractivity contribution in [2.45, 2.75) is 44.7 Å². The van der Waals surface area contributed by atoms with Gasteiger partial charge in [-0.1, -0.05) is 25.1 Å². The summed E-state index contributed by atoms with van der Waals surface area (Å²) in [7, 11) is 3.08. The highest BCUT2D eigenvalue weighted by Crippen LogP contribution is 2.41. The van der Waals surface area contributed by atoms with Gasteiger partial charge in [0.1, 0.15) is 36.2 Å². The molecular formula is C35H35F2N8O5S+. The molecule has 16 heteroatoms. The highest BCUT2D eigenvalue weighted by atomic mass is 32.1. The molecule has 3 atom stereocenters. The summed E-state index contributed by atoms with van der Waals surface area (Å²) in [5.41, 5.74) is 0.000750. The van der Waals surface area contributed by atoms with Crippen LogP contribution in [0.15, 0.2) is 78.8 Å². The number of halogens is 2. The van der Waals surface area contributed by atoms with Crippen molar-refractivity contribution >= 4 is 29.2 Å². The van der Waals surface area contributed by atoms with Crippen LogP contribution in [0.2, 0.25) is 0 Å². The monoisotopic (exact) mass is 717 g/mol. The number of aliphatic hydroxyl groups is 1. The van der Waals surface area contributed by atoms with Gasteiger partial charge in [0.25, 0.3) is 6.33 Å². The van der Waals surface area contributed by atoms with Crippen LogP contribution in [-0.4, -0.2) is 57.6 Å². The molecule has 0 spiro atoms. The van der Waals surface area contributed by atoms with Crippen LogP contribution in [0, 0.1) is 23.0 Å². The van der Waals surface area contributed by atoms with Crippen LogP contribution >= 0.6 is 11.3 Å². The van der Waals surface area contributed by atoms with Crippen molar-refractivity contribution < 1.29 is 37.5 Å². The minimum absolute atomic E-state index is 0.0229. The Kier molecular flexibility index (Phi) is 11.4. The zero-order valence-electron chi connectivity index (χ0n) is 28.2. The van der Waals surface area contributed by atoms with E-state index in [1.54, 1.807) is 62.7 Å². The van der Waals surface area contributed by atoms with Gasteiger partial charge in [0, 0.05) is 53.3 Å². The third-order valence-electron chi connectivity index (χ3n) is 8.18. The first-order valence-corrected chi connectivity index (χ1v) is 16.6. The molecule has 0 saturated carbocycles. The first kappa shape index (κ1) is 36.6. The number of hydrogen-bond acceptors (Lipinski definition) is 11. The number of aromatic nitrogens is 5. The number of ether oxygens (including phenoxy) is 2. The van der Waals surface area contributed by atoms with Gasteiger partial charge in [-0.2, -0.15) is 9.83 Å². The van der Waals surface area contributed by atoms with Crippen molar-refractivity contribution in [2.75, 3.05) is 25.5 Å². The van der Waals surface area contributed by atoms with Crippen molar-refractivity contribution in [1.82, 2.24) is 25.1 Å². The van der Waals surface area contributed by atoms with Crippen LogP contribution in [-0.2, 0) is 33.0 Å². The minimum Gasteiger partial charge on any atom is -0.460 e. The Balaban J connectivity index is 1.35. The van der Waals surface area contributed by atoms with Gasteiger partial charge >= 0.3 is 12.1 Å². The van der Waals surface area contributed by atoms with E-state index in [4.69, 9.17) is 19.7 Å². The number of nitrogens with zero attached hydrogens (tertiary/aromatic N) is 7. The van der Waals surface area contributed by atoms with Gasteiger partial charge < -0.3 is 19.9 Å². The molecule has 3 heterocycles. The van der Waals surface area contributed by atoms with Gasteiger partial charge in [0.05, 0.1) is 28.9 Å². The molecule has 264 valence electrons. The van der Waals surface area contributed by atoms with E-state index < -0.39 is 41.4 Å². The summed E-state index contributed by atoms with van der Waals surface area (Å²) in [6.45, 7) is 2.85. The van der Waals surface area contributed by atoms with E-state index in [1.165, 1.54) is 51.4 Å². The lowest BCUT2D eigenvalue weighted by Gasteiger charge is -2.32. The van der Waals surface area contributed by atoms with Crippen LogP contribution < -0.4 is 14.8 Å². The number of benzene rings is 2. The minimum atomic E-state index is -2.04. The molecular weight excluding hydrogens is 682 g/mol. The number of rotatable bonds is 13. The van der Waals surface area contributed by atoms with Crippen molar-refractivity contribution in [1.29, 1.82) is 5.26 Å². The van der Waals surface area contributed by atoms with Crippen molar-refractivity contribution in [3.05, 3.63) is 112 Å². The zero-order valence-corrected chi connectivity index (χ0v) is 29.0. The molecule has 0 aliphatic rings. The molecule has 5 aromatic rings. The summed E-state index contributed by atoms with van der Waals surface area (Å²) in [6, 6.07) is 15.1. The van der Waals surface area contributed by atoms with E-state index in [0.717, 1.165) is 23.8 Å². The summed E-state index contributed by atoms with van der Waals surface area (Å²) in [6.07, 6.45) is 2.65. The second kappa shape index (κ2) is 15.9. The third kappa shape index (κ3) is 8.40. The van der Waals surface area contributed by atoms with Gasteiger partial charge in [-0.15, -0.1) is 16.0 Å². The van der Waals surface area contributed by atoms with Crippen LogP contribution in [0.5, 0.6) is 0 Å². The smallest absolute Gasteiger partial charge is 0.418 e. The molecule has 5 rings (SSSR count). The van der Waals surface area contributed by atoms with Crippen molar-refractivity contribution in [2.24, 2.45) is 0 Å². The predicted octanol–water partition coefficient (Wildman–Crippen LogP) is 4.58. The average Bonchev–Trinajstić information content (AvgIpc) is 3.82. The van der Waals surface area contributed by atoms with E-state index in [1.807, 2.05) is 0 Å². The molecule has 0 aliphatic heterocycles. The maximum Gasteiger partial charge on any atom is 0.418 e. The second-order valence-corrected chi connectivity index (χ2v) is 12.5. The maximum atomic E-state index is 15.3.